The van der Waals surface area contributed by atoms with E-state index in [-0.39, 0.29) is 6.10 Å². The molecule has 6 heteroatoms. The van der Waals surface area contributed by atoms with Gasteiger partial charge in [-0.2, -0.15) is 4.98 Å². The third kappa shape index (κ3) is 2.39. The number of nitrogens with zero attached hydrogens (tertiary/aromatic N) is 2. The number of nitrogen functional groups attached to an aromatic ring is 1. The van der Waals surface area contributed by atoms with Crippen LogP contribution in [-0.2, 0) is 4.74 Å². The molecule has 0 aliphatic carbocycles. The lowest BCUT2D eigenvalue weighted by Crippen LogP contribution is -2.03. The Morgan fingerprint density at radius 1 is 1.56 bits per heavy atom. The van der Waals surface area contributed by atoms with Crippen LogP contribution in [0.4, 0.5) is 5.69 Å². The summed E-state index contributed by atoms with van der Waals surface area (Å²) in [5.41, 5.74) is 7.70. The lowest BCUT2D eigenvalue weighted by atomic mass is 10.2. The Morgan fingerprint density at radius 3 is 2.89 bits per heavy atom. The molecule has 1 atom stereocenters. The number of hydrogen-bond acceptors (Lipinski definition) is 6. The molecule has 0 aliphatic heterocycles. The molecule has 0 aromatic carbocycles. The molecule has 0 bridgehead atoms. The Hall–Kier alpha value is -1.40. The van der Waals surface area contributed by atoms with Crippen molar-refractivity contribution < 1.29 is 9.26 Å². The molecule has 0 fully saturated rings. The minimum Gasteiger partial charge on any atom is -0.397 e. The fraction of sp³-hybridized carbons (Fsp3) is 0.500. The summed E-state index contributed by atoms with van der Waals surface area (Å²) < 4.78 is 10.6. The fourth-order valence-corrected chi connectivity index (χ4v) is 2.58. The third-order valence-corrected chi connectivity index (χ3v) is 3.88. The van der Waals surface area contributed by atoms with Crippen molar-refractivity contribution in [3.63, 3.8) is 0 Å². The Bertz CT molecular complexity index is 521. The van der Waals surface area contributed by atoms with E-state index in [1.807, 2.05) is 12.3 Å². The molecular weight excluding hydrogens is 250 g/mol. The summed E-state index contributed by atoms with van der Waals surface area (Å²) in [6.07, 6.45) is 1.76. The van der Waals surface area contributed by atoms with E-state index in [0.717, 1.165) is 23.3 Å². The van der Waals surface area contributed by atoms with E-state index in [1.165, 1.54) is 11.3 Å². The maximum absolute atomic E-state index is 5.96. The third-order valence-electron chi connectivity index (χ3n) is 2.78. The minimum absolute atomic E-state index is 0.116. The lowest BCUT2D eigenvalue weighted by Gasteiger charge is -2.08. The predicted molar refractivity (Wildman–Crippen MR) is 71.4 cm³/mol. The second kappa shape index (κ2) is 5.49. The average Bonchev–Trinajstić information content (AvgIpc) is 2.95. The molecule has 18 heavy (non-hydrogen) atoms. The van der Waals surface area contributed by atoms with E-state index < -0.39 is 0 Å². The highest BCUT2D eigenvalue weighted by Crippen LogP contribution is 2.34. The largest absolute Gasteiger partial charge is 0.397 e. The summed E-state index contributed by atoms with van der Waals surface area (Å²) >= 11 is 1.51. The molecule has 0 saturated carbocycles. The van der Waals surface area contributed by atoms with Crippen molar-refractivity contribution in [1.82, 2.24) is 10.1 Å². The van der Waals surface area contributed by atoms with E-state index in [4.69, 9.17) is 15.0 Å². The number of rotatable bonds is 5. The number of thiophene rings is 1. The molecule has 2 rings (SSSR count). The standard InChI is InChI=1S/C12H17N3O2S/c1-4-5-8(16-3)11-14-12(17-15-11)10-9(13)7(2)6-18-10/h6,8H,4-5,13H2,1-3H3. The summed E-state index contributed by atoms with van der Waals surface area (Å²) in [4.78, 5) is 5.20. The van der Waals surface area contributed by atoms with Crippen molar-refractivity contribution in [3.05, 3.63) is 16.8 Å². The quantitative estimate of drug-likeness (QED) is 0.900. The maximum atomic E-state index is 5.96. The zero-order valence-electron chi connectivity index (χ0n) is 10.8. The minimum atomic E-state index is -0.116. The molecule has 2 aromatic rings. The second-order valence-corrected chi connectivity index (χ2v) is 5.01. The van der Waals surface area contributed by atoms with Crippen molar-refractivity contribution >= 4 is 17.0 Å². The summed E-state index contributed by atoms with van der Waals surface area (Å²) in [6, 6.07) is 0. The van der Waals surface area contributed by atoms with Crippen LogP contribution in [0.15, 0.2) is 9.90 Å². The highest BCUT2D eigenvalue weighted by atomic mass is 32.1. The number of aromatic nitrogens is 2. The van der Waals surface area contributed by atoms with Crippen LogP contribution in [0.2, 0.25) is 0 Å². The molecule has 0 aliphatic rings. The molecule has 1 unspecified atom stereocenters. The molecule has 0 saturated heterocycles. The van der Waals surface area contributed by atoms with Gasteiger partial charge < -0.3 is 15.0 Å². The monoisotopic (exact) mass is 267 g/mol. The van der Waals surface area contributed by atoms with Crippen molar-refractivity contribution in [2.45, 2.75) is 32.8 Å². The maximum Gasteiger partial charge on any atom is 0.270 e. The Morgan fingerprint density at radius 2 is 2.33 bits per heavy atom. The van der Waals surface area contributed by atoms with Gasteiger partial charge in [-0.05, 0) is 24.3 Å². The van der Waals surface area contributed by atoms with Gasteiger partial charge in [-0.1, -0.05) is 18.5 Å². The van der Waals surface area contributed by atoms with E-state index in [9.17, 15) is 0 Å². The number of methoxy groups -OCH3 is 1. The van der Waals surface area contributed by atoms with E-state index in [2.05, 4.69) is 17.1 Å². The summed E-state index contributed by atoms with van der Waals surface area (Å²) in [5, 5.41) is 5.95. The highest BCUT2D eigenvalue weighted by Gasteiger charge is 2.20. The number of aryl methyl sites for hydroxylation is 1. The highest BCUT2D eigenvalue weighted by molar-refractivity contribution is 7.14. The molecule has 2 N–H and O–H groups in total. The Labute approximate surface area is 110 Å². The van der Waals surface area contributed by atoms with Crippen LogP contribution in [0.5, 0.6) is 0 Å². The van der Waals surface area contributed by atoms with Crippen LogP contribution in [0.1, 0.15) is 37.3 Å². The van der Waals surface area contributed by atoms with E-state index in [0.29, 0.717) is 17.4 Å². The molecular formula is C12H17N3O2S. The zero-order chi connectivity index (χ0) is 13.1. The van der Waals surface area contributed by atoms with Crippen LogP contribution < -0.4 is 5.73 Å². The zero-order valence-corrected chi connectivity index (χ0v) is 11.6. The van der Waals surface area contributed by atoms with Gasteiger partial charge in [0.2, 0.25) is 5.82 Å². The van der Waals surface area contributed by atoms with Gasteiger partial charge in [-0.25, -0.2) is 0 Å². The van der Waals surface area contributed by atoms with Crippen molar-refractivity contribution in [2.24, 2.45) is 0 Å². The van der Waals surface area contributed by atoms with Gasteiger partial charge in [0.1, 0.15) is 11.0 Å². The summed E-state index contributed by atoms with van der Waals surface area (Å²) in [7, 11) is 1.65. The SMILES string of the molecule is CCCC(OC)c1noc(-c2scc(C)c2N)n1. The van der Waals surface area contributed by atoms with Crippen LogP contribution in [0.25, 0.3) is 10.8 Å². The Balaban J connectivity index is 2.27. The van der Waals surface area contributed by atoms with Gasteiger partial charge in [0.25, 0.3) is 5.89 Å². The van der Waals surface area contributed by atoms with Crippen molar-refractivity contribution in [2.75, 3.05) is 12.8 Å². The first-order valence-electron chi connectivity index (χ1n) is 5.87. The number of hydrogen-bond donors (Lipinski definition) is 1. The van der Waals surface area contributed by atoms with Gasteiger partial charge in [0.15, 0.2) is 0 Å². The molecule has 0 amide bonds. The van der Waals surface area contributed by atoms with Crippen LogP contribution in [-0.4, -0.2) is 17.3 Å². The van der Waals surface area contributed by atoms with E-state index >= 15 is 0 Å². The van der Waals surface area contributed by atoms with Gasteiger partial charge in [0, 0.05) is 7.11 Å². The lowest BCUT2D eigenvalue weighted by molar-refractivity contribution is 0.0854. The van der Waals surface area contributed by atoms with Crippen molar-refractivity contribution in [3.8, 4) is 10.8 Å². The predicted octanol–water partition coefficient (Wildman–Crippen LogP) is 3.18. The smallest absolute Gasteiger partial charge is 0.270 e. The van der Waals surface area contributed by atoms with Gasteiger partial charge in [-0.3, -0.25) is 0 Å². The second-order valence-electron chi connectivity index (χ2n) is 4.13. The van der Waals surface area contributed by atoms with Crippen LogP contribution in [0, 0.1) is 6.92 Å². The summed E-state index contributed by atoms with van der Waals surface area (Å²) in [6.45, 7) is 4.05. The average molecular weight is 267 g/mol. The van der Waals surface area contributed by atoms with E-state index in [1.54, 1.807) is 7.11 Å². The normalized spacial score (nSPS) is 12.8. The van der Waals surface area contributed by atoms with Crippen LogP contribution in [0.3, 0.4) is 0 Å². The molecule has 0 spiro atoms. The molecule has 2 aromatic heterocycles. The van der Waals surface area contributed by atoms with Crippen molar-refractivity contribution in [1.29, 1.82) is 0 Å². The number of nitrogens with two attached hydrogens (primary N) is 1. The van der Waals surface area contributed by atoms with Crippen LogP contribution >= 0.6 is 11.3 Å². The van der Waals surface area contributed by atoms with Gasteiger partial charge in [0.05, 0.1) is 5.69 Å². The topological polar surface area (TPSA) is 74.2 Å². The molecule has 0 radical (unpaired) electrons. The summed E-state index contributed by atoms with van der Waals surface area (Å²) in [5.74, 6) is 1.05. The van der Waals surface area contributed by atoms with Gasteiger partial charge >= 0.3 is 0 Å². The Kier molecular flexibility index (Phi) is 3.98. The fourth-order valence-electron chi connectivity index (χ4n) is 1.69. The number of anilines is 1. The number of ether oxygens (including phenoxy) is 1. The first kappa shape index (κ1) is 13.0. The first-order chi connectivity index (χ1) is 8.67. The molecule has 2 heterocycles. The van der Waals surface area contributed by atoms with Gasteiger partial charge in [-0.15, -0.1) is 11.3 Å². The molecule has 5 nitrogen and oxygen atoms in total. The first-order valence-corrected chi connectivity index (χ1v) is 6.75. The molecule has 98 valence electrons.